The van der Waals surface area contributed by atoms with Crippen LogP contribution in [0, 0.1) is 0 Å². The summed E-state index contributed by atoms with van der Waals surface area (Å²) in [7, 11) is 5.51. The average molecular weight is 156 g/mol. The van der Waals surface area contributed by atoms with Crippen LogP contribution < -0.4 is 5.46 Å². The molecule has 1 nitrogen and oxygen atoms in total. The molecule has 0 fully saturated rings. The number of benzene rings is 1. The number of carbonyl (C=O) groups is 1. The van der Waals surface area contributed by atoms with Gasteiger partial charge in [0.05, 0.1) is 0 Å². The maximum Gasteiger partial charge on any atom is 0.143 e. The fourth-order valence-corrected chi connectivity index (χ4v) is 0.944. The Bertz CT molecular complexity index is 298. The van der Waals surface area contributed by atoms with E-state index in [0.29, 0.717) is 0 Å². The van der Waals surface area contributed by atoms with Crippen LogP contribution in [-0.4, -0.2) is 14.1 Å². The zero-order chi connectivity index (χ0) is 8.97. The molecular formula is C10H9BO. The van der Waals surface area contributed by atoms with Gasteiger partial charge < -0.3 is 0 Å². The summed E-state index contributed by atoms with van der Waals surface area (Å²) < 4.78 is 0. The Morgan fingerprint density at radius 1 is 1.33 bits per heavy atom. The zero-order valence-electron chi connectivity index (χ0n) is 6.95. The molecule has 0 aliphatic rings. The molecule has 0 bridgehead atoms. The third kappa shape index (κ3) is 2.09. The van der Waals surface area contributed by atoms with E-state index in [2.05, 4.69) is 0 Å². The lowest BCUT2D eigenvalue weighted by atomic mass is 9.94. The molecule has 0 spiro atoms. The molecule has 1 aromatic rings. The van der Waals surface area contributed by atoms with Gasteiger partial charge in [0.15, 0.2) is 0 Å². The van der Waals surface area contributed by atoms with Gasteiger partial charge in [-0.3, -0.25) is 4.79 Å². The molecule has 0 saturated carbocycles. The van der Waals surface area contributed by atoms with E-state index in [0.717, 1.165) is 22.9 Å². The molecule has 2 heteroatoms. The van der Waals surface area contributed by atoms with Gasteiger partial charge in [0.25, 0.3) is 0 Å². The monoisotopic (exact) mass is 156 g/mol. The molecule has 0 aromatic heterocycles. The standard InChI is InChI=1S/C10H9BO/c1-8(6-7-12)9-2-4-10(11)5-3-9/h2-7H,1H3/b8-6+. The molecule has 0 aliphatic carbocycles. The van der Waals surface area contributed by atoms with E-state index >= 15 is 0 Å². The van der Waals surface area contributed by atoms with Crippen LogP contribution in [-0.2, 0) is 4.79 Å². The minimum Gasteiger partial charge on any atom is -0.299 e. The highest BCUT2D eigenvalue weighted by Crippen LogP contribution is 2.10. The summed E-state index contributed by atoms with van der Waals surface area (Å²) in [5.74, 6) is 0. The zero-order valence-corrected chi connectivity index (χ0v) is 6.95. The fraction of sp³-hybridized carbons (Fsp3) is 0.100. The van der Waals surface area contributed by atoms with Gasteiger partial charge >= 0.3 is 0 Å². The number of hydrogen-bond acceptors (Lipinski definition) is 1. The quantitative estimate of drug-likeness (QED) is 0.355. The normalized spacial score (nSPS) is 11.2. The molecule has 0 unspecified atom stereocenters. The second-order valence-electron chi connectivity index (χ2n) is 2.61. The maximum atomic E-state index is 10.2. The van der Waals surface area contributed by atoms with Gasteiger partial charge in [-0.05, 0) is 24.1 Å². The smallest absolute Gasteiger partial charge is 0.143 e. The van der Waals surface area contributed by atoms with Crippen LogP contribution in [0.15, 0.2) is 30.3 Å². The molecule has 0 aliphatic heterocycles. The predicted octanol–water partition coefficient (Wildman–Crippen LogP) is 1.08. The fourth-order valence-electron chi connectivity index (χ4n) is 0.944. The molecule has 0 amide bonds. The first kappa shape index (κ1) is 8.79. The second-order valence-corrected chi connectivity index (χ2v) is 2.61. The van der Waals surface area contributed by atoms with Crippen LogP contribution in [0.2, 0.25) is 0 Å². The lowest BCUT2D eigenvalue weighted by Gasteiger charge is -1.99. The SMILES string of the molecule is [B]c1ccc(/C(C)=C/C=O)cc1. The highest BCUT2D eigenvalue weighted by molar-refractivity contribution is 6.32. The van der Waals surface area contributed by atoms with E-state index in [-0.39, 0.29) is 0 Å². The Hall–Kier alpha value is -1.31. The van der Waals surface area contributed by atoms with Crippen molar-refractivity contribution in [3.63, 3.8) is 0 Å². The van der Waals surface area contributed by atoms with Crippen molar-refractivity contribution in [2.45, 2.75) is 6.92 Å². The van der Waals surface area contributed by atoms with Crippen LogP contribution >= 0.6 is 0 Å². The van der Waals surface area contributed by atoms with Gasteiger partial charge in [-0.2, -0.15) is 0 Å². The first-order chi connectivity index (χ1) is 5.74. The predicted molar refractivity (Wildman–Crippen MR) is 51.5 cm³/mol. The summed E-state index contributed by atoms with van der Waals surface area (Å²) in [6, 6.07) is 7.42. The van der Waals surface area contributed by atoms with Crippen molar-refractivity contribution in [3.8, 4) is 0 Å². The first-order valence-corrected chi connectivity index (χ1v) is 3.72. The number of allylic oxidation sites excluding steroid dienone is 2. The number of rotatable bonds is 2. The average Bonchev–Trinajstić information content (AvgIpc) is 2.06. The van der Waals surface area contributed by atoms with E-state index in [4.69, 9.17) is 7.85 Å². The number of hydrogen-bond donors (Lipinski definition) is 0. The largest absolute Gasteiger partial charge is 0.299 e. The van der Waals surface area contributed by atoms with Crippen molar-refractivity contribution in [1.82, 2.24) is 0 Å². The van der Waals surface area contributed by atoms with Gasteiger partial charge in [-0.1, -0.05) is 29.7 Å². The maximum absolute atomic E-state index is 10.2. The molecule has 0 saturated heterocycles. The Morgan fingerprint density at radius 3 is 2.42 bits per heavy atom. The van der Waals surface area contributed by atoms with Crippen molar-refractivity contribution in [1.29, 1.82) is 0 Å². The van der Waals surface area contributed by atoms with E-state index in [1.807, 2.05) is 31.2 Å². The first-order valence-electron chi connectivity index (χ1n) is 3.72. The summed E-state index contributed by atoms with van der Waals surface area (Å²) in [5, 5.41) is 0. The summed E-state index contributed by atoms with van der Waals surface area (Å²) >= 11 is 0. The van der Waals surface area contributed by atoms with Crippen LogP contribution in [0.1, 0.15) is 12.5 Å². The van der Waals surface area contributed by atoms with Crippen LogP contribution in [0.25, 0.3) is 5.57 Å². The molecule has 58 valence electrons. The molecule has 2 radical (unpaired) electrons. The van der Waals surface area contributed by atoms with Crippen LogP contribution in [0.4, 0.5) is 0 Å². The minimum absolute atomic E-state index is 0.734. The third-order valence-electron chi connectivity index (χ3n) is 1.68. The summed E-state index contributed by atoms with van der Waals surface area (Å²) in [5.41, 5.74) is 2.71. The Kier molecular flexibility index (Phi) is 2.86. The number of carbonyl (C=O) groups excluding carboxylic acids is 1. The van der Waals surface area contributed by atoms with E-state index in [1.165, 1.54) is 6.08 Å². The number of aldehydes is 1. The lowest BCUT2D eigenvalue weighted by Crippen LogP contribution is -1.99. The Balaban J connectivity index is 2.97. The van der Waals surface area contributed by atoms with Crippen molar-refractivity contribution in [2.75, 3.05) is 0 Å². The highest BCUT2D eigenvalue weighted by atomic mass is 16.1. The lowest BCUT2D eigenvalue weighted by molar-refractivity contribution is -0.104. The third-order valence-corrected chi connectivity index (χ3v) is 1.68. The summed E-state index contributed by atoms with van der Waals surface area (Å²) in [6.07, 6.45) is 2.32. The summed E-state index contributed by atoms with van der Waals surface area (Å²) in [4.78, 5) is 10.2. The molecule has 0 heterocycles. The Morgan fingerprint density at radius 2 is 1.92 bits per heavy atom. The van der Waals surface area contributed by atoms with Gasteiger partial charge in [0.2, 0.25) is 0 Å². The van der Waals surface area contributed by atoms with Crippen molar-refractivity contribution >= 4 is 25.2 Å². The topological polar surface area (TPSA) is 17.1 Å². The molecule has 12 heavy (non-hydrogen) atoms. The molecule has 1 rings (SSSR count). The van der Waals surface area contributed by atoms with Crippen LogP contribution in [0.5, 0.6) is 0 Å². The van der Waals surface area contributed by atoms with Gasteiger partial charge in [-0.15, -0.1) is 0 Å². The van der Waals surface area contributed by atoms with E-state index in [9.17, 15) is 4.79 Å². The van der Waals surface area contributed by atoms with Crippen molar-refractivity contribution in [2.24, 2.45) is 0 Å². The molecule has 1 aromatic carbocycles. The summed E-state index contributed by atoms with van der Waals surface area (Å²) in [6.45, 7) is 1.89. The van der Waals surface area contributed by atoms with Gasteiger partial charge in [0, 0.05) is 0 Å². The molecule has 0 atom stereocenters. The van der Waals surface area contributed by atoms with Crippen LogP contribution in [0.3, 0.4) is 0 Å². The van der Waals surface area contributed by atoms with E-state index in [1.54, 1.807) is 0 Å². The molecular weight excluding hydrogens is 147 g/mol. The van der Waals surface area contributed by atoms with Gasteiger partial charge in [0.1, 0.15) is 14.1 Å². The molecule has 0 N–H and O–H groups in total. The highest BCUT2D eigenvalue weighted by Gasteiger charge is 1.92. The van der Waals surface area contributed by atoms with E-state index < -0.39 is 0 Å². The Labute approximate surface area is 73.5 Å². The van der Waals surface area contributed by atoms with Crippen molar-refractivity contribution in [3.05, 3.63) is 35.9 Å². The second kappa shape index (κ2) is 3.91. The minimum atomic E-state index is 0.734. The van der Waals surface area contributed by atoms with Gasteiger partial charge in [-0.25, -0.2) is 0 Å². The van der Waals surface area contributed by atoms with Crippen molar-refractivity contribution < 1.29 is 4.79 Å².